The summed E-state index contributed by atoms with van der Waals surface area (Å²) in [5, 5.41) is 21.9. The third-order valence-electron chi connectivity index (χ3n) is 6.41. The number of hydrogen-bond acceptors (Lipinski definition) is 9. The Hall–Kier alpha value is -4.19. The van der Waals surface area contributed by atoms with Crippen molar-refractivity contribution in [2.75, 3.05) is 42.1 Å². The predicted octanol–water partition coefficient (Wildman–Crippen LogP) is 4.02. The number of ether oxygens (including phenoxy) is 1. The van der Waals surface area contributed by atoms with Crippen LogP contribution in [0.4, 0.5) is 17.3 Å². The first-order valence-electron chi connectivity index (χ1n) is 12.3. The van der Waals surface area contributed by atoms with E-state index in [0.717, 1.165) is 22.4 Å². The van der Waals surface area contributed by atoms with Crippen molar-refractivity contribution in [3.8, 4) is 18.0 Å². The Kier molecular flexibility index (Phi) is 8.10. The molecular weight excluding hydrogens is 502 g/mol. The Labute approximate surface area is 223 Å². The molecule has 1 aromatic carbocycles. The lowest BCUT2D eigenvalue weighted by atomic mass is 9.95. The zero-order valence-corrected chi connectivity index (χ0v) is 22.4. The number of benzene rings is 1. The topological polar surface area (TPSA) is 135 Å². The Morgan fingerprint density at radius 1 is 1.16 bits per heavy atom. The maximum Gasteiger partial charge on any atom is 0.230 e. The van der Waals surface area contributed by atoms with Gasteiger partial charge in [-0.25, -0.2) is 13.4 Å². The van der Waals surface area contributed by atoms with Gasteiger partial charge in [0.2, 0.25) is 21.9 Å². The van der Waals surface area contributed by atoms with Crippen molar-refractivity contribution >= 4 is 27.3 Å². The second-order valence-corrected chi connectivity index (χ2v) is 11.3. The molecule has 11 heteroatoms. The van der Waals surface area contributed by atoms with E-state index in [-0.39, 0.29) is 5.75 Å². The van der Waals surface area contributed by atoms with E-state index in [2.05, 4.69) is 27.4 Å². The highest BCUT2D eigenvalue weighted by Crippen LogP contribution is 2.31. The van der Waals surface area contributed by atoms with Gasteiger partial charge in [-0.1, -0.05) is 6.08 Å². The average molecular weight is 532 g/mol. The number of nitrogens with zero attached hydrogens (tertiary/aromatic N) is 6. The van der Waals surface area contributed by atoms with Gasteiger partial charge in [-0.2, -0.15) is 19.8 Å². The highest BCUT2D eigenvalue weighted by Gasteiger charge is 2.26. The van der Waals surface area contributed by atoms with Crippen molar-refractivity contribution in [2.24, 2.45) is 0 Å². The number of rotatable bonds is 7. The lowest BCUT2D eigenvalue weighted by Crippen LogP contribution is -2.49. The van der Waals surface area contributed by atoms with Crippen LogP contribution in [0, 0.1) is 22.7 Å². The summed E-state index contributed by atoms with van der Waals surface area (Å²) < 4.78 is 31.9. The summed E-state index contributed by atoms with van der Waals surface area (Å²) >= 11 is 0. The van der Waals surface area contributed by atoms with Gasteiger partial charge in [-0.15, -0.1) is 0 Å². The Balaban J connectivity index is 1.46. The molecule has 4 rings (SSSR count). The first-order valence-corrected chi connectivity index (χ1v) is 13.9. The largest absolute Gasteiger partial charge is 0.439 e. The molecule has 0 amide bonds. The maximum absolute atomic E-state index is 12.2. The summed E-state index contributed by atoms with van der Waals surface area (Å²) in [6.07, 6.45) is 5.68. The summed E-state index contributed by atoms with van der Waals surface area (Å²) in [5.41, 5.74) is 4.72. The maximum atomic E-state index is 12.2. The lowest BCUT2D eigenvalue weighted by Gasteiger charge is -2.35. The number of sulfonamides is 1. The number of nitriles is 2. The molecule has 1 N–H and O–H groups in total. The van der Waals surface area contributed by atoms with Gasteiger partial charge in [0.25, 0.3) is 0 Å². The molecule has 1 aliphatic carbocycles. The van der Waals surface area contributed by atoms with Crippen LogP contribution in [0.3, 0.4) is 0 Å². The molecule has 10 nitrogen and oxygen atoms in total. The van der Waals surface area contributed by atoms with E-state index in [1.807, 2.05) is 37.0 Å². The smallest absolute Gasteiger partial charge is 0.230 e. The molecule has 0 unspecified atom stereocenters. The zero-order valence-electron chi connectivity index (χ0n) is 21.6. The molecule has 1 saturated heterocycles. The van der Waals surface area contributed by atoms with Crippen LogP contribution in [0.15, 0.2) is 65.1 Å². The van der Waals surface area contributed by atoms with Crippen molar-refractivity contribution in [3.63, 3.8) is 0 Å². The Morgan fingerprint density at radius 2 is 1.92 bits per heavy atom. The number of piperazine rings is 1. The fourth-order valence-corrected chi connectivity index (χ4v) is 5.61. The zero-order chi connectivity index (χ0) is 27.3. The second kappa shape index (κ2) is 11.5. The summed E-state index contributed by atoms with van der Waals surface area (Å²) in [7, 11) is -3.22. The normalized spacial score (nSPS) is 17.6. The van der Waals surface area contributed by atoms with Gasteiger partial charge in [0, 0.05) is 50.2 Å². The fourth-order valence-electron chi connectivity index (χ4n) is 4.52. The summed E-state index contributed by atoms with van der Waals surface area (Å²) in [6, 6.07) is 11.4. The van der Waals surface area contributed by atoms with Gasteiger partial charge in [0.1, 0.15) is 11.8 Å². The highest BCUT2D eigenvalue weighted by atomic mass is 32.2. The van der Waals surface area contributed by atoms with E-state index in [1.165, 1.54) is 10.4 Å². The van der Waals surface area contributed by atoms with Crippen molar-refractivity contribution in [2.45, 2.75) is 27.2 Å². The van der Waals surface area contributed by atoms with E-state index in [4.69, 9.17) is 10.00 Å². The van der Waals surface area contributed by atoms with Gasteiger partial charge in [0.15, 0.2) is 0 Å². The number of hydrogen-bond donors (Lipinski definition) is 1. The highest BCUT2D eigenvalue weighted by molar-refractivity contribution is 7.89. The van der Waals surface area contributed by atoms with Crippen LogP contribution in [0.2, 0.25) is 0 Å². The number of aromatic nitrogens is 2. The van der Waals surface area contributed by atoms with Gasteiger partial charge < -0.3 is 15.0 Å². The van der Waals surface area contributed by atoms with Crippen LogP contribution in [-0.4, -0.2) is 54.6 Å². The number of anilines is 3. The number of allylic oxidation sites excluding steroid dienone is 5. The molecule has 2 aromatic rings. The molecule has 2 heterocycles. The molecule has 1 fully saturated rings. The van der Waals surface area contributed by atoms with E-state index < -0.39 is 10.0 Å². The Morgan fingerprint density at radius 3 is 2.58 bits per heavy atom. The average Bonchev–Trinajstić information content (AvgIpc) is 2.91. The summed E-state index contributed by atoms with van der Waals surface area (Å²) in [4.78, 5) is 10.8. The van der Waals surface area contributed by atoms with Crippen LogP contribution in [0.25, 0.3) is 0 Å². The van der Waals surface area contributed by atoms with E-state index in [1.54, 1.807) is 25.3 Å². The quantitative estimate of drug-likeness (QED) is 0.526. The number of nitrogens with one attached hydrogen (secondary N) is 1. The monoisotopic (exact) mass is 531 g/mol. The lowest BCUT2D eigenvalue weighted by molar-refractivity contribution is 0.385. The molecular formula is C27H29N7O3S. The minimum atomic E-state index is -3.22. The predicted molar refractivity (Wildman–Crippen MR) is 145 cm³/mol. The first kappa shape index (κ1) is 26.9. The first-order chi connectivity index (χ1) is 18.2. The minimum Gasteiger partial charge on any atom is -0.439 e. The van der Waals surface area contributed by atoms with E-state index in [0.29, 0.717) is 61.4 Å². The molecule has 2 aliphatic rings. The second-order valence-electron chi connectivity index (χ2n) is 9.04. The SMILES string of the molecule is CCS(=O)(=O)N1CCN(c2ccc(Nc3nccc(OC4=C(C)C/C(=C/C#N)C=C4C)n3)cc2C#N)CC1. The van der Waals surface area contributed by atoms with Gasteiger partial charge in [-0.3, -0.25) is 0 Å². The summed E-state index contributed by atoms with van der Waals surface area (Å²) in [6.45, 7) is 7.34. The van der Waals surface area contributed by atoms with Crippen LogP contribution < -0.4 is 15.0 Å². The molecule has 0 bridgehead atoms. The van der Waals surface area contributed by atoms with E-state index in [9.17, 15) is 13.7 Å². The molecule has 1 aromatic heterocycles. The minimum absolute atomic E-state index is 0.0826. The molecule has 0 radical (unpaired) electrons. The van der Waals surface area contributed by atoms with Crippen LogP contribution in [0.1, 0.15) is 32.8 Å². The standard InChI is InChI=1S/C27H29N7O3S/c1-4-38(35,36)34-13-11-33(12-14-34)24-6-5-23(17-22(24)18-29)31-27-30-10-8-25(32-27)37-26-19(2)15-21(7-9-28)16-20(26)3/h5-8,10,15,17H,4,11-14,16H2,1-3H3,(H,30,31,32)/b21-7+. The van der Waals surface area contributed by atoms with Gasteiger partial charge in [-0.05, 0) is 62.1 Å². The molecule has 0 atom stereocenters. The molecule has 0 spiro atoms. The molecule has 0 saturated carbocycles. The molecule has 196 valence electrons. The summed E-state index contributed by atoms with van der Waals surface area (Å²) in [5.74, 6) is 1.49. The van der Waals surface area contributed by atoms with Crippen molar-refractivity contribution in [1.82, 2.24) is 14.3 Å². The van der Waals surface area contributed by atoms with Crippen LogP contribution >= 0.6 is 0 Å². The Bertz CT molecular complexity index is 1510. The fraction of sp³-hybridized carbons (Fsp3) is 0.333. The molecule has 1 aliphatic heterocycles. The van der Waals surface area contributed by atoms with Crippen molar-refractivity contribution in [3.05, 3.63) is 70.7 Å². The van der Waals surface area contributed by atoms with Crippen LogP contribution in [-0.2, 0) is 10.0 Å². The van der Waals surface area contributed by atoms with Crippen molar-refractivity contribution < 1.29 is 13.2 Å². The van der Waals surface area contributed by atoms with Gasteiger partial charge in [0.05, 0.1) is 23.1 Å². The third kappa shape index (κ3) is 6.02. The molecule has 38 heavy (non-hydrogen) atoms. The van der Waals surface area contributed by atoms with E-state index >= 15 is 0 Å². The van der Waals surface area contributed by atoms with Gasteiger partial charge >= 0.3 is 0 Å². The van der Waals surface area contributed by atoms with Crippen molar-refractivity contribution in [1.29, 1.82) is 10.5 Å². The van der Waals surface area contributed by atoms with Crippen LogP contribution in [0.5, 0.6) is 5.88 Å². The third-order valence-corrected chi connectivity index (χ3v) is 8.30.